The van der Waals surface area contributed by atoms with E-state index in [9.17, 15) is 14.6 Å². The third kappa shape index (κ3) is 1.26. The molecule has 3 heteroatoms. The summed E-state index contributed by atoms with van der Waals surface area (Å²) >= 11 is 0. The number of rotatable bonds is 0. The molecular weight excluding hydrogens is 171 g/mol. The Hall–Kier alpha value is -1.19. The summed E-state index contributed by atoms with van der Waals surface area (Å²) in [7, 11) is 0. The van der Waals surface area contributed by atoms with Gasteiger partial charge in [-0.15, -0.1) is 0 Å². The minimum absolute atomic E-state index is 0.178. The van der Waals surface area contributed by atoms with Gasteiger partial charge < -0.3 is 10.2 Å². The fourth-order valence-electron chi connectivity index (χ4n) is 1.49. The zero-order valence-electron chi connectivity index (χ0n) is 6.81. The van der Waals surface area contributed by atoms with Gasteiger partial charge in [0.05, 0.1) is 0 Å². The Bertz CT molecular complexity index is 360. The van der Waals surface area contributed by atoms with Gasteiger partial charge in [0.1, 0.15) is 18.0 Å². The largest absolute Gasteiger partial charge is 0.386 e. The van der Waals surface area contributed by atoms with Gasteiger partial charge in [-0.25, -0.2) is 4.39 Å². The van der Waals surface area contributed by atoms with Crippen LogP contribution >= 0.6 is 0 Å². The predicted molar refractivity (Wildman–Crippen MR) is 46.4 cm³/mol. The summed E-state index contributed by atoms with van der Waals surface area (Å²) in [5, 5.41) is 18.7. The monoisotopic (exact) mass is 180 g/mol. The molecule has 0 unspecified atom stereocenters. The number of halogens is 1. The lowest BCUT2D eigenvalue weighted by Crippen LogP contribution is -2.20. The molecule has 0 saturated carbocycles. The van der Waals surface area contributed by atoms with Gasteiger partial charge in [-0.3, -0.25) is 0 Å². The molecule has 0 amide bonds. The first-order valence-electron chi connectivity index (χ1n) is 4.03. The van der Waals surface area contributed by atoms with E-state index in [0.29, 0.717) is 5.56 Å². The van der Waals surface area contributed by atoms with E-state index in [0.717, 1.165) is 0 Å². The van der Waals surface area contributed by atoms with Crippen molar-refractivity contribution in [3.05, 3.63) is 41.2 Å². The average Bonchev–Trinajstić information content (AvgIpc) is 2.12. The van der Waals surface area contributed by atoms with Gasteiger partial charge >= 0.3 is 0 Å². The number of benzene rings is 1. The molecule has 1 aliphatic carbocycles. The average molecular weight is 180 g/mol. The molecular formula is C10H9FO2. The molecule has 1 aromatic rings. The highest BCUT2D eigenvalue weighted by molar-refractivity contribution is 5.58. The standard InChI is InChI=1S/C10H9FO2/c11-7-3-1-2-6-4-5-8(12)10(13)9(6)7/h1-5,8,10,12-13H/t8-,10-/m0/s1. The van der Waals surface area contributed by atoms with E-state index in [1.54, 1.807) is 18.2 Å². The third-order valence-electron chi connectivity index (χ3n) is 2.18. The van der Waals surface area contributed by atoms with E-state index in [1.165, 1.54) is 12.1 Å². The van der Waals surface area contributed by atoms with Crippen molar-refractivity contribution in [2.75, 3.05) is 0 Å². The zero-order valence-corrected chi connectivity index (χ0v) is 6.81. The molecule has 0 fully saturated rings. The normalized spacial score (nSPS) is 25.8. The van der Waals surface area contributed by atoms with E-state index >= 15 is 0 Å². The molecule has 13 heavy (non-hydrogen) atoms. The van der Waals surface area contributed by atoms with E-state index in [2.05, 4.69) is 0 Å². The van der Waals surface area contributed by atoms with Crippen LogP contribution in [0.3, 0.4) is 0 Å². The van der Waals surface area contributed by atoms with Crippen molar-refractivity contribution in [1.29, 1.82) is 0 Å². The summed E-state index contributed by atoms with van der Waals surface area (Å²) in [6, 6.07) is 4.54. The van der Waals surface area contributed by atoms with Crippen LogP contribution in [0.25, 0.3) is 6.08 Å². The summed E-state index contributed by atoms with van der Waals surface area (Å²) in [6.07, 6.45) is 0.896. The predicted octanol–water partition coefficient (Wildman–Crippen LogP) is 1.25. The van der Waals surface area contributed by atoms with Gasteiger partial charge in [0, 0.05) is 5.56 Å². The molecule has 1 aliphatic rings. The molecule has 0 bridgehead atoms. The number of hydrogen-bond acceptors (Lipinski definition) is 2. The molecule has 0 saturated heterocycles. The first kappa shape index (κ1) is 8.41. The highest BCUT2D eigenvalue weighted by atomic mass is 19.1. The van der Waals surface area contributed by atoms with Crippen LogP contribution in [0.5, 0.6) is 0 Å². The van der Waals surface area contributed by atoms with Gasteiger partial charge in [-0.1, -0.05) is 24.3 Å². The number of aliphatic hydroxyl groups is 2. The molecule has 2 N–H and O–H groups in total. The molecule has 0 radical (unpaired) electrons. The minimum Gasteiger partial charge on any atom is -0.386 e. The van der Waals surface area contributed by atoms with E-state index in [4.69, 9.17) is 0 Å². The van der Waals surface area contributed by atoms with Crippen molar-refractivity contribution in [3.8, 4) is 0 Å². The van der Waals surface area contributed by atoms with Crippen molar-refractivity contribution in [2.24, 2.45) is 0 Å². The second kappa shape index (κ2) is 2.94. The van der Waals surface area contributed by atoms with E-state index in [1.807, 2.05) is 0 Å². The summed E-state index contributed by atoms with van der Waals surface area (Å²) in [6.45, 7) is 0. The summed E-state index contributed by atoms with van der Waals surface area (Å²) in [4.78, 5) is 0. The Morgan fingerprint density at radius 3 is 2.77 bits per heavy atom. The molecule has 0 aromatic heterocycles. The van der Waals surface area contributed by atoms with Gasteiger partial charge in [0.25, 0.3) is 0 Å². The maximum absolute atomic E-state index is 13.2. The van der Waals surface area contributed by atoms with E-state index in [-0.39, 0.29) is 5.56 Å². The minimum atomic E-state index is -1.15. The van der Waals surface area contributed by atoms with Crippen LogP contribution in [0.4, 0.5) is 4.39 Å². The van der Waals surface area contributed by atoms with Crippen LogP contribution in [0.2, 0.25) is 0 Å². The van der Waals surface area contributed by atoms with Crippen molar-refractivity contribution >= 4 is 6.08 Å². The Labute approximate surface area is 74.9 Å². The van der Waals surface area contributed by atoms with Crippen LogP contribution in [0, 0.1) is 5.82 Å². The molecule has 2 atom stereocenters. The van der Waals surface area contributed by atoms with Crippen LogP contribution in [0.1, 0.15) is 17.2 Å². The molecule has 0 heterocycles. The lowest BCUT2D eigenvalue weighted by atomic mass is 9.93. The Morgan fingerprint density at radius 1 is 1.23 bits per heavy atom. The van der Waals surface area contributed by atoms with Gasteiger partial charge in [-0.05, 0) is 11.6 Å². The van der Waals surface area contributed by atoms with Crippen LogP contribution < -0.4 is 0 Å². The van der Waals surface area contributed by atoms with Crippen molar-refractivity contribution in [1.82, 2.24) is 0 Å². The fraction of sp³-hybridized carbons (Fsp3) is 0.200. The van der Waals surface area contributed by atoms with Crippen molar-refractivity contribution in [3.63, 3.8) is 0 Å². The highest BCUT2D eigenvalue weighted by Gasteiger charge is 2.24. The van der Waals surface area contributed by atoms with Crippen molar-refractivity contribution in [2.45, 2.75) is 12.2 Å². The Kier molecular flexibility index (Phi) is 1.90. The quantitative estimate of drug-likeness (QED) is 0.630. The Morgan fingerprint density at radius 2 is 2.00 bits per heavy atom. The summed E-state index contributed by atoms with van der Waals surface area (Å²) < 4.78 is 13.2. The first-order chi connectivity index (χ1) is 6.20. The maximum atomic E-state index is 13.2. The topological polar surface area (TPSA) is 40.5 Å². The smallest absolute Gasteiger partial charge is 0.129 e. The van der Waals surface area contributed by atoms with Gasteiger partial charge in [0.2, 0.25) is 0 Å². The summed E-state index contributed by atoms with van der Waals surface area (Å²) in [5.74, 6) is -0.478. The molecule has 2 rings (SSSR count). The van der Waals surface area contributed by atoms with Gasteiger partial charge in [-0.2, -0.15) is 0 Å². The fourth-order valence-corrected chi connectivity index (χ4v) is 1.49. The Balaban J connectivity index is 2.60. The second-order valence-electron chi connectivity index (χ2n) is 3.04. The molecule has 2 nitrogen and oxygen atoms in total. The van der Waals surface area contributed by atoms with Crippen LogP contribution in [-0.4, -0.2) is 16.3 Å². The lowest BCUT2D eigenvalue weighted by molar-refractivity contribution is 0.0445. The molecule has 68 valence electrons. The van der Waals surface area contributed by atoms with Crippen LogP contribution in [0.15, 0.2) is 24.3 Å². The maximum Gasteiger partial charge on any atom is 0.129 e. The van der Waals surface area contributed by atoms with Crippen LogP contribution in [-0.2, 0) is 0 Å². The number of fused-ring (bicyclic) bond motifs is 1. The number of hydrogen-bond donors (Lipinski definition) is 2. The second-order valence-corrected chi connectivity index (χ2v) is 3.04. The first-order valence-corrected chi connectivity index (χ1v) is 4.03. The highest BCUT2D eigenvalue weighted by Crippen LogP contribution is 2.29. The lowest BCUT2D eigenvalue weighted by Gasteiger charge is -2.21. The molecule has 0 spiro atoms. The van der Waals surface area contributed by atoms with E-state index < -0.39 is 18.0 Å². The third-order valence-corrected chi connectivity index (χ3v) is 2.18. The van der Waals surface area contributed by atoms with Gasteiger partial charge in [0.15, 0.2) is 0 Å². The molecule has 1 aromatic carbocycles. The summed E-state index contributed by atoms with van der Waals surface area (Å²) in [5.41, 5.74) is 0.801. The SMILES string of the molecule is O[C@@H]1c2c(F)cccc2C=C[C@@H]1O. The molecule has 0 aliphatic heterocycles. The zero-order chi connectivity index (χ0) is 9.42. The van der Waals surface area contributed by atoms with Crippen molar-refractivity contribution < 1.29 is 14.6 Å². The number of aliphatic hydroxyl groups excluding tert-OH is 2.